The average molecular weight is 612 g/mol. The maximum absolute atomic E-state index is 13.1. The number of para-hydroxylation sites is 1. The van der Waals surface area contributed by atoms with Gasteiger partial charge in [-0.25, -0.2) is 0 Å². The van der Waals surface area contributed by atoms with Gasteiger partial charge in [0.1, 0.15) is 24.7 Å². The number of amides is 2. The first-order valence-electron chi connectivity index (χ1n) is 12.2. The minimum absolute atomic E-state index is 0.0629. The Kier molecular flexibility index (Phi) is 8.76. The lowest BCUT2D eigenvalue weighted by Gasteiger charge is -2.19. The molecule has 0 aliphatic carbocycles. The highest BCUT2D eigenvalue weighted by molar-refractivity contribution is 9.10. The first-order chi connectivity index (χ1) is 18.5. The highest BCUT2D eigenvalue weighted by Gasteiger charge is 2.36. The Bertz CT molecular complexity index is 1430. The normalized spacial score (nSPS) is 14.7. The van der Waals surface area contributed by atoms with Crippen molar-refractivity contribution in [3.05, 3.63) is 103 Å². The fourth-order valence-electron chi connectivity index (χ4n) is 3.89. The van der Waals surface area contributed by atoms with E-state index in [2.05, 4.69) is 36.7 Å². The van der Waals surface area contributed by atoms with Crippen molar-refractivity contribution in [3.8, 4) is 11.5 Å². The summed E-state index contributed by atoms with van der Waals surface area (Å²) in [6.07, 6.45) is 1.60. The lowest BCUT2D eigenvalue weighted by Crippen LogP contribution is -2.27. The molecule has 0 aromatic heterocycles. The van der Waals surface area contributed by atoms with Crippen molar-refractivity contribution in [2.45, 2.75) is 32.7 Å². The maximum atomic E-state index is 13.1. The zero-order chi connectivity index (χ0) is 28.2. The van der Waals surface area contributed by atoms with Crippen LogP contribution in [0.2, 0.25) is 0 Å². The van der Waals surface area contributed by atoms with Crippen LogP contribution in [0.1, 0.15) is 37.5 Å². The van der Waals surface area contributed by atoms with Gasteiger partial charge in [0.25, 0.3) is 16.8 Å². The monoisotopic (exact) mass is 610 g/mol. The largest absolute Gasteiger partial charge is 0.490 e. The van der Waals surface area contributed by atoms with Gasteiger partial charge < -0.3 is 9.47 Å². The minimum atomic E-state index is -0.527. The van der Waals surface area contributed by atoms with Crippen LogP contribution in [0, 0.1) is 10.1 Å². The Balaban J connectivity index is 1.43. The number of imide groups is 1. The van der Waals surface area contributed by atoms with E-state index in [0.29, 0.717) is 17.9 Å². The van der Waals surface area contributed by atoms with Gasteiger partial charge in [-0.3, -0.25) is 24.6 Å². The summed E-state index contributed by atoms with van der Waals surface area (Å²) < 4.78 is 12.6. The van der Waals surface area contributed by atoms with E-state index in [9.17, 15) is 19.7 Å². The second kappa shape index (κ2) is 12.0. The first-order valence-corrected chi connectivity index (χ1v) is 13.8. The molecule has 1 aliphatic heterocycles. The number of carbonyl (C=O) groups is 2. The number of hydrogen-bond donors (Lipinski definition) is 0. The molecule has 1 fully saturated rings. The van der Waals surface area contributed by atoms with E-state index in [1.165, 1.54) is 23.8 Å². The summed E-state index contributed by atoms with van der Waals surface area (Å²) >= 11 is 4.23. The fourth-order valence-corrected chi connectivity index (χ4v) is 5.05. The maximum Gasteiger partial charge on any atom is 0.293 e. The predicted octanol–water partition coefficient (Wildman–Crippen LogP) is 7.35. The molecule has 0 N–H and O–H groups in total. The summed E-state index contributed by atoms with van der Waals surface area (Å²) in [5.74, 6) is 0.744. The van der Waals surface area contributed by atoms with E-state index in [1.807, 2.05) is 30.3 Å². The molecule has 3 aromatic carbocycles. The van der Waals surface area contributed by atoms with Crippen molar-refractivity contribution in [2.75, 3.05) is 13.2 Å². The van der Waals surface area contributed by atoms with Gasteiger partial charge in [-0.05, 0) is 53.1 Å². The van der Waals surface area contributed by atoms with Gasteiger partial charge in [0, 0.05) is 21.7 Å². The van der Waals surface area contributed by atoms with Crippen LogP contribution in [0.5, 0.6) is 11.5 Å². The molecule has 1 heterocycles. The summed E-state index contributed by atoms with van der Waals surface area (Å²) in [5.41, 5.74) is 2.04. The van der Waals surface area contributed by atoms with Crippen LogP contribution in [-0.4, -0.2) is 34.2 Å². The number of ether oxygens (including phenoxy) is 2. The van der Waals surface area contributed by atoms with Crippen LogP contribution in [0.3, 0.4) is 0 Å². The second-order valence-electron chi connectivity index (χ2n) is 9.81. The second-order valence-corrected chi connectivity index (χ2v) is 11.7. The lowest BCUT2D eigenvalue weighted by atomic mass is 9.87. The summed E-state index contributed by atoms with van der Waals surface area (Å²) in [7, 11) is 0. The van der Waals surface area contributed by atoms with Gasteiger partial charge in [0.05, 0.1) is 16.4 Å². The SMILES string of the molecule is CC(C)(C)c1ccc(OCCOc2cc(Br)ccc2/C=C2\SC(=O)N(Cc3ccccc3[N+](=O)[O-])C2=O)cc1. The van der Waals surface area contributed by atoms with Gasteiger partial charge in [-0.2, -0.15) is 0 Å². The summed E-state index contributed by atoms with van der Waals surface area (Å²) in [6.45, 7) is 6.85. The van der Waals surface area contributed by atoms with Crippen molar-refractivity contribution < 1.29 is 24.0 Å². The highest BCUT2D eigenvalue weighted by atomic mass is 79.9. The zero-order valence-corrected chi connectivity index (χ0v) is 24.1. The number of rotatable bonds is 9. The Morgan fingerprint density at radius 1 is 1.00 bits per heavy atom. The number of nitro benzene ring substituents is 1. The standard InChI is InChI=1S/C29H27BrN2O6S/c1-29(2,3)21-9-12-23(13-10-21)37-14-15-38-25-17-22(30)11-8-19(25)16-26-27(33)31(28(34)39-26)18-20-6-4-5-7-24(20)32(35)36/h4-13,16-17H,14-15,18H2,1-3H3/b26-16-. The van der Waals surface area contributed by atoms with Gasteiger partial charge in [-0.15, -0.1) is 0 Å². The Labute approximate surface area is 239 Å². The Morgan fingerprint density at radius 3 is 2.38 bits per heavy atom. The van der Waals surface area contributed by atoms with E-state index in [4.69, 9.17) is 9.47 Å². The van der Waals surface area contributed by atoms with E-state index in [-0.39, 0.29) is 34.7 Å². The molecule has 39 heavy (non-hydrogen) atoms. The molecule has 2 amide bonds. The van der Waals surface area contributed by atoms with Gasteiger partial charge >= 0.3 is 0 Å². The molecule has 0 radical (unpaired) electrons. The quantitative estimate of drug-likeness (QED) is 0.108. The topological polar surface area (TPSA) is 99.0 Å². The van der Waals surface area contributed by atoms with Crippen molar-refractivity contribution in [1.29, 1.82) is 0 Å². The third kappa shape index (κ3) is 7.07. The molecule has 1 aliphatic rings. The number of nitro groups is 1. The Morgan fingerprint density at radius 2 is 1.69 bits per heavy atom. The van der Waals surface area contributed by atoms with Crippen LogP contribution in [0.25, 0.3) is 6.08 Å². The lowest BCUT2D eigenvalue weighted by molar-refractivity contribution is -0.385. The van der Waals surface area contributed by atoms with Crippen molar-refractivity contribution in [1.82, 2.24) is 4.90 Å². The number of hydrogen-bond acceptors (Lipinski definition) is 7. The van der Waals surface area contributed by atoms with Crippen LogP contribution >= 0.6 is 27.7 Å². The summed E-state index contributed by atoms with van der Waals surface area (Å²) in [6, 6.07) is 19.4. The molecule has 4 rings (SSSR count). The van der Waals surface area contributed by atoms with Crippen LogP contribution < -0.4 is 9.47 Å². The molecular formula is C29H27BrN2O6S. The number of nitrogens with zero attached hydrogens (tertiary/aromatic N) is 2. The molecule has 1 saturated heterocycles. The highest BCUT2D eigenvalue weighted by Crippen LogP contribution is 2.36. The molecule has 8 nitrogen and oxygen atoms in total. The number of halogens is 1. The molecule has 0 atom stereocenters. The number of carbonyl (C=O) groups excluding carboxylic acids is 2. The van der Waals surface area contributed by atoms with Crippen LogP contribution in [-0.2, 0) is 16.8 Å². The average Bonchev–Trinajstić information content (AvgIpc) is 3.15. The molecular weight excluding hydrogens is 584 g/mol. The fraction of sp³-hybridized carbons (Fsp3) is 0.241. The Hall–Kier alpha value is -3.63. The summed E-state index contributed by atoms with van der Waals surface area (Å²) in [5, 5.41) is 10.9. The predicted molar refractivity (Wildman–Crippen MR) is 155 cm³/mol. The van der Waals surface area contributed by atoms with Gasteiger partial charge in [0.15, 0.2) is 0 Å². The third-order valence-electron chi connectivity index (χ3n) is 5.98. The first kappa shape index (κ1) is 28.4. The van der Waals surface area contributed by atoms with E-state index < -0.39 is 16.1 Å². The smallest absolute Gasteiger partial charge is 0.293 e. The molecule has 0 spiro atoms. The third-order valence-corrected chi connectivity index (χ3v) is 7.38. The van der Waals surface area contributed by atoms with E-state index >= 15 is 0 Å². The molecule has 0 bridgehead atoms. The molecule has 202 valence electrons. The van der Waals surface area contributed by atoms with E-state index in [0.717, 1.165) is 26.9 Å². The molecule has 0 saturated carbocycles. The number of thioether (sulfide) groups is 1. The van der Waals surface area contributed by atoms with E-state index in [1.54, 1.807) is 24.3 Å². The summed E-state index contributed by atoms with van der Waals surface area (Å²) in [4.78, 5) is 37.7. The van der Waals surface area contributed by atoms with Gasteiger partial charge in [-0.1, -0.05) is 73.1 Å². The molecule has 3 aromatic rings. The van der Waals surface area contributed by atoms with Gasteiger partial charge in [0.2, 0.25) is 0 Å². The number of benzene rings is 3. The van der Waals surface area contributed by atoms with Crippen molar-refractivity contribution in [3.63, 3.8) is 0 Å². The van der Waals surface area contributed by atoms with Crippen LogP contribution in [0.15, 0.2) is 76.1 Å². The zero-order valence-electron chi connectivity index (χ0n) is 21.7. The molecule has 0 unspecified atom stereocenters. The van der Waals surface area contributed by atoms with Crippen molar-refractivity contribution >= 4 is 50.6 Å². The minimum Gasteiger partial charge on any atom is -0.490 e. The van der Waals surface area contributed by atoms with Crippen molar-refractivity contribution in [2.24, 2.45) is 0 Å². The molecule has 10 heteroatoms. The van der Waals surface area contributed by atoms with Crippen LogP contribution in [0.4, 0.5) is 10.5 Å².